The van der Waals surface area contributed by atoms with Crippen molar-refractivity contribution in [2.45, 2.75) is 37.1 Å². The van der Waals surface area contributed by atoms with E-state index in [-0.39, 0.29) is 37.1 Å². The van der Waals surface area contributed by atoms with E-state index in [0.29, 0.717) is 29.1 Å². The van der Waals surface area contributed by atoms with Gasteiger partial charge in [-0.15, -0.1) is 0 Å². The van der Waals surface area contributed by atoms with E-state index in [1.165, 1.54) is 6.33 Å². The minimum Gasteiger partial charge on any atom is -0.265 e. The molecule has 0 aliphatic rings. The molecular formula is C91H88N16. The van der Waals surface area contributed by atoms with Crippen molar-refractivity contribution in [2.24, 2.45) is 0 Å². The lowest BCUT2D eigenvalue weighted by Crippen LogP contribution is -1.99. The summed E-state index contributed by atoms with van der Waals surface area (Å²) in [6.45, 7) is 0. The van der Waals surface area contributed by atoms with Crippen LogP contribution in [-0.2, 0) is 0 Å². The Kier molecular flexibility index (Phi) is 38.3. The van der Waals surface area contributed by atoms with E-state index in [0.717, 1.165) is 73.1 Å². The number of pyridine rings is 2. The number of benzene rings is 9. The Hall–Kier alpha value is -14.4. The zero-order valence-corrected chi connectivity index (χ0v) is 55.4. The van der Waals surface area contributed by atoms with E-state index >= 15 is 0 Å². The van der Waals surface area contributed by atoms with E-state index < -0.39 is 0 Å². The van der Waals surface area contributed by atoms with Crippen LogP contribution in [0, 0.1) is 0 Å². The molecule has 0 bridgehead atoms. The van der Waals surface area contributed by atoms with Crippen LogP contribution in [0.15, 0.2) is 415 Å². The predicted octanol–water partition coefficient (Wildman–Crippen LogP) is 22.0. The Labute approximate surface area is 630 Å². The Bertz CT molecular complexity index is 4310. The van der Waals surface area contributed by atoms with Crippen LogP contribution in [0.3, 0.4) is 0 Å². The fraction of sp³-hybridized carbons (Fsp3) is 0.0549. The van der Waals surface area contributed by atoms with Crippen molar-refractivity contribution in [3.8, 4) is 102 Å². The monoisotopic (exact) mass is 1400 g/mol. The van der Waals surface area contributed by atoms with Gasteiger partial charge < -0.3 is 0 Å². The van der Waals surface area contributed by atoms with Gasteiger partial charge in [-0.3, -0.25) is 9.97 Å². The lowest BCUT2D eigenvalue weighted by atomic mass is 10.1. The van der Waals surface area contributed by atoms with Crippen molar-refractivity contribution in [1.29, 1.82) is 0 Å². The van der Waals surface area contributed by atoms with Gasteiger partial charge in [-0.05, 0) is 48.5 Å². The zero-order valence-electron chi connectivity index (χ0n) is 55.4. The van der Waals surface area contributed by atoms with Crippen LogP contribution in [-0.4, -0.2) is 79.7 Å². The average molecular weight is 1410 g/mol. The van der Waals surface area contributed by atoms with Crippen LogP contribution in [0.25, 0.3) is 102 Å². The summed E-state index contributed by atoms with van der Waals surface area (Å²) in [6, 6.07) is 109. The summed E-state index contributed by atoms with van der Waals surface area (Å²) in [5, 5.41) is 0. The standard InChI is InChI=1S/C21H15N3.C16H12N2.C15H11N3.2C10H8N2.2C5H5N.C4H4N2.5CH4/c1-4-10-16(11-5-1)19-22-20(17-12-6-2-7-13-17)24-21(23-19)18-14-8-3-9-15-18;1-3-7-13(8-4-1)15-11-16(18-12-17-15)14-9-5-2-6-10-14;1-3-7-12(8-4-1)14-16-11-17-15(18-14)13-9-5-2-6-10-13;2*1-2-5-9(6-3-1)10-11-7-4-8-12-10;2*1-2-4-6-5-3-1;1-2-5-4-6-3-1;;;;;/h1-15H;1-12H;1-11H;2*1-8H;2*1-5H;1-4H;5*1H4. The van der Waals surface area contributed by atoms with Crippen molar-refractivity contribution < 1.29 is 0 Å². The quantitative estimate of drug-likeness (QED) is 0.132. The third-order valence-corrected chi connectivity index (χ3v) is 14.0. The van der Waals surface area contributed by atoms with E-state index in [1.54, 1.807) is 80.7 Å². The number of hydrogen-bond donors (Lipinski definition) is 0. The summed E-state index contributed by atoms with van der Waals surface area (Å²) in [5.74, 6) is 5.00. The molecule has 532 valence electrons. The van der Waals surface area contributed by atoms with E-state index in [2.05, 4.69) is 104 Å². The molecule has 8 aromatic heterocycles. The molecule has 0 aliphatic heterocycles. The Morgan fingerprint density at radius 1 is 0.140 bits per heavy atom. The highest BCUT2D eigenvalue weighted by atomic mass is 15.0. The summed E-state index contributed by atoms with van der Waals surface area (Å²) in [5.41, 5.74) is 11.2. The average Bonchev–Trinajstić information content (AvgIpc) is 0.811. The molecule has 0 unspecified atom stereocenters. The molecule has 9 aromatic carbocycles. The molecule has 0 spiro atoms. The van der Waals surface area contributed by atoms with Gasteiger partial charge in [-0.2, -0.15) is 0 Å². The fourth-order valence-electron chi connectivity index (χ4n) is 9.11. The van der Waals surface area contributed by atoms with Crippen LogP contribution in [0.1, 0.15) is 37.1 Å². The fourth-order valence-corrected chi connectivity index (χ4v) is 9.11. The lowest BCUT2D eigenvalue weighted by molar-refractivity contribution is 1.07. The molecule has 8 heterocycles. The smallest absolute Gasteiger partial charge is 0.164 e. The Morgan fingerprint density at radius 3 is 0.570 bits per heavy atom. The first kappa shape index (κ1) is 83.3. The summed E-state index contributed by atoms with van der Waals surface area (Å²) < 4.78 is 0. The van der Waals surface area contributed by atoms with Gasteiger partial charge in [0.2, 0.25) is 0 Å². The number of rotatable bonds is 9. The lowest BCUT2D eigenvalue weighted by Gasteiger charge is -2.08. The van der Waals surface area contributed by atoms with Crippen LogP contribution >= 0.6 is 0 Å². The maximum Gasteiger partial charge on any atom is 0.164 e. The van der Waals surface area contributed by atoms with Crippen molar-refractivity contribution >= 4 is 0 Å². The predicted molar refractivity (Wildman–Crippen MR) is 439 cm³/mol. The van der Waals surface area contributed by atoms with Gasteiger partial charge in [0.15, 0.2) is 40.8 Å². The van der Waals surface area contributed by atoms with E-state index in [9.17, 15) is 0 Å². The molecule has 0 saturated heterocycles. The van der Waals surface area contributed by atoms with Crippen molar-refractivity contribution in [2.75, 3.05) is 0 Å². The summed E-state index contributed by atoms with van der Waals surface area (Å²) >= 11 is 0. The summed E-state index contributed by atoms with van der Waals surface area (Å²) in [4.78, 5) is 67.1. The number of hydrogen-bond acceptors (Lipinski definition) is 16. The van der Waals surface area contributed by atoms with Gasteiger partial charge in [0.05, 0.1) is 11.4 Å². The second kappa shape index (κ2) is 49.2. The third-order valence-electron chi connectivity index (χ3n) is 14.0. The van der Waals surface area contributed by atoms with Gasteiger partial charge in [-0.25, -0.2) is 69.8 Å². The molecule has 0 fully saturated rings. The van der Waals surface area contributed by atoms with Crippen LogP contribution in [0.4, 0.5) is 0 Å². The summed E-state index contributed by atoms with van der Waals surface area (Å²) in [6.07, 6.45) is 22.0. The van der Waals surface area contributed by atoms with Gasteiger partial charge >= 0.3 is 0 Å². The molecule has 107 heavy (non-hydrogen) atoms. The largest absolute Gasteiger partial charge is 0.265 e. The third kappa shape index (κ3) is 28.9. The highest BCUT2D eigenvalue weighted by Gasteiger charge is 2.12. The second-order valence-corrected chi connectivity index (χ2v) is 21.1. The summed E-state index contributed by atoms with van der Waals surface area (Å²) in [7, 11) is 0. The van der Waals surface area contributed by atoms with Gasteiger partial charge in [0.25, 0.3) is 0 Å². The number of aromatic nitrogens is 16. The Morgan fingerprint density at radius 2 is 0.346 bits per heavy atom. The maximum atomic E-state index is 4.68. The molecule has 0 atom stereocenters. The molecule has 0 amide bonds. The normalized spacial score (nSPS) is 9.31. The second-order valence-electron chi connectivity index (χ2n) is 21.1. The number of nitrogens with zero attached hydrogens (tertiary/aromatic N) is 16. The zero-order chi connectivity index (χ0) is 69.8. The maximum absolute atomic E-state index is 4.68. The van der Waals surface area contributed by atoms with Crippen LogP contribution in [0.2, 0.25) is 0 Å². The first-order valence-corrected chi connectivity index (χ1v) is 32.4. The SMILES string of the molecule is C.C.C.C.C.c1ccc(-c2cc(-c3ccccc3)ncn2)cc1.c1ccc(-c2nc(-c3ccccc3)nc(-c3ccccc3)n2)cc1.c1ccc(-c2ncccn2)cc1.c1ccc(-c2ncccn2)cc1.c1ccc(-c2ncnc(-c3ccccc3)n2)cc1.c1ccncc1.c1ccncc1.c1cncnc1. The highest BCUT2D eigenvalue weighted by molar-refractivity contribution is 5.69. The van der Waals surface area contributed by atoms with Gasteiger partial charge in [-0.1, -0.05) is 322 Å². The highest BCUT2D eigenvalue weighted by Crippen LogP contribution is 2.26. The van der Waals surface area contributed by atoms with Crippen molar-refractivity contribution in [3.63, 3.8) is 0 Å². The van der Waals surface area contributed by atoms with Crippen molar-refractivity contribution in [1.82, 2.24) is 79.7 Å². The molecule has 0 N–H and O–H groups in total. The molecular weight excluding hydrogens is 1320 g/mol. The van der Waals surface area contributed by atoms with Gasteiger partial charge in [0.1, 0.15) is 19.0 Å². The van der Waals surface area contributed by atoms with Gasteiger partial charge in [0, 0.05) is 112 Å². The minimum absolute atomic E-state index is 0. The first-order chi connectivity index (χ1) is 50.7. The molecule has 17 rings (SSSR count). The molecule has 16 heteroatoms. The molecule has 17 aromatic rings. The first-order valence-electron chi connectivity index (χ1n) is 32.4. The molecule has 0 saturated carbocycles. The minimum atomic E-state index is 0. The topological polar surface area (TPSA) is 206 Å². The molecule has 16 nitrogen and oxygen atoms in total. The van der Waals surface area contributed by atoms with Crippen LogP contribution < -0.4 is 0 Å². The van der Waals surface area contributed by atoms with Crippen LogP contribution in [0.5, 0.6) is 0 Å². The molecule has 0 radical (unpaired) electrons. The Balaban J connectivity index is 0.000000227. The van der Waals surface area contributed by atoms with E-state index in [4.69, 9.17) is 0 Å². The molecule has 0 aliphatic carbocycles. The van der Waals surface area contributed by atoms with Crippen molar-refractivity contribution in [3.05, 3.63) is 415 Å². The van der Waals surface area contributed by atoms with E-state index in [1.807, 2.05) is 303 Å².